The molecule has 1 aliphatic heterocycles. The second-order valence-corrected chi connectivity index (χ2v) is 6.32. The average molecular weight is 323 g/mol. The van der Waals surface area contributed by atoms with E-state index >= 15 is 0 Å². The van der Waals surface area contributed by atoms with Crippen LogP contribution in [0.5, 0.6) is 0 Å². The van der Waals surface area contributed by atoms with Crippen LogP contribution in [0.1, 0.15) is 36.7 Å². The zero-order valence-electron chi connectivity index (χ0n) is 13.9. The van der Waals surface area contributed by atoms with Crippen LogP contribution in [0.15, 0.2) is 48.5 Å². The number of carbonyl (C=O) groups is 2. The highest BCUT2D eigenvalue weighted by Crippen LogP contribution is 2.16. The second-order valence-electron chi connectivity index (χ2n) is 6.32. The summed E-state index contributed by atoms with van der Waals surface area (Å²) in [5.41, 5.74) is 2.71. The Hall–Kier alpha value is -2.69. The van der Waals surface area contributed by atoms with Gasteiger partial charge in [-0.2, -0.15) is 0 Å². The highest BCUT2D eigenvalue weighted by atomic mass is 16.2. The number of imide groups is 1. The van der Waals surface area contributed by atoms with Gasteiger partial charge in [0.25, 0.3) is 5.91 Å². The standard InChI is InChI=1S/C19H21N3O2/c1-13(2)16-10-6-9-15(20-16)12-22-18(23)17(21-19(22)24)11-14-7-4-3-5-8-14/h3-10,13,17H,11-12H2,1-2H3,(H,21,24)/t17-/m0/s1. The number of nitrogens with zero attached hydrogens (tertiary/aromatic N) is 2. The Morgan fingerprint density at radius 3 is 2.54 bits per heavy atom. The Kier molecular flexibility index (Phi) is 4.60. The first-order chi connectivity index (χ1) is 11.5. The maximum Gasteiger partial charge on any atom is 0.325 e. The molecule has 1 fully saturated rings. The molecule has 1 aromatic carbocycles. The molecule has 0 aliphatic carbocycles. The van der Waals surface area contributed by atoms with Gasteiger partial charge in [0.15, 0.2) is 0 Å². The van der Waals surface area contributed by atoms with Crippen molar-refractivity contribution >= 4 is 11.9 Å². The van der Waals surface area contributed by atoms with E-state index in [0.717, 1.165) is 17.0 Å². The molecule has 24 heavy (non-hydrogen) atoms. The Morgan fingerprint density at radius 2 is 1.83 bits per heavy atom. The van der Waals surface area contributed by atoms with Crippen molar-refractivity contribution in [3.05, 3.63) is 65.5 Å². The monoisotopic (exact) mass is 323 g/mol. The zero-order chi connectivity index (χ0) is 17.1. The molecule has 0 spiro atoms. The van der Waals surface area contributed by atoms with Gasteiger partial charge in [-0.1, -0.05) is 50.2 Å². The molecule has 3 amide bonds. The Labute approximate surface area is 141 Å². The minimum atomic E-state index is -0.506. The summed E-state index contributed by atoms with van der Waals surface area (Å²) in [6, 6.07) is 14.5. The first-order valence-corrected chi connectivity index (χ1v) is 8.16. The summed E-state index contributed by atoms with van der Waals surface area (Å²) in [6.45, 7) is 4.34. The van der Waals surface area contributed by atoms with Crippen LogP contribution in [-0.2, 0) is 17.8 Å². The molecule has 0 radical (unpaired) electrons. The van der Waals surface area contributed by atoms with Crippen molar-refractivity contribution in [2.24, 2.45) is 0 Å². The van der Waals surface area contributed by atoms with E-state index < -0.39 is 6.04 Å². The van der Waals surface area contributed by atoms with E-state index in [4.69, 9.17) is 0 Å². The van der Waals surface area contributed by atoms with Crippen LogP contribution < -0.4 is 5.32 Å². The molecule has 1 atom stereocenters. The maximum atomic E-state index is 12.6. The van der Waals surface area contributed by atoms with Crippen LogP contribution in [0.25, 0.3) is 0 Å². The predicted octanol–water partition coefficient (Wildman–Crippen LogP) is 2.87. The van der Waals surface area contributed by atoms with Crippen LogP contribution in [0.3, 0.4) is 0 Å². The van der Waals surface area contributed by atoms with E-state index in [0.29, 0.717) is 12.3 Å². The van der Waals surface area contributed by atoms with Gasteiger partial charge in [-0.05, 0) is 23.6 Å². The van der Waals surface area contributed by atoms with E-state index in [1.54, 1.807) is 0 Å². The number of benzene rings is 1. The van der Waals surface area contributed by atoms with E-state index in [2.05, 4.69) is 24.1 Å². The first-order valence-electron chi connectivity index (χ1n) is 8.16. The molecule has 1 aromatic heterocycles. The number of pyridine rings is 1. The van der Waals surface area contributed by atoms with Crippen LogP contribution in [-0.4, -0.2) is 27.9 Å². The maximum absolute atomic E-state index is 12.6. The molecule has 5 nitrogen and oxygen atoms in total. The van der Waals surface area contributed by atoms with Crippen LogP contribution in [0.2, 0.25) is 0 Å². The number of amides is 3. The van der Waals surface area contributed by atoms with Gasteiger partial charge < -0.3 is 5.32 Å². The van der Waals surface area contributed by atoms with Crippen molar-refractivity contribution in [3.63, 3.8) is 0 Å². The zero-order valence-corrected chi connectivity index (χ0v) is 13.9. The van der Waals surface area contributed by atoms with Gasteiger partial charge in [0.1, 0.15) is 6.04 Å². The van der Waals surface area contributed by atoms with Gasteiger partial charge in [0.2, 0.25) is 0 Å². The van der Waals surface area contributed by atoms with Gasteiger partial charge in [-0.15, -0.1) is 0 Å². The molecule has 5 heteroatoms. The average Bonchev–Trinajstić information content (AvgIpc) is 2.83. The molecule has 1 aliphatic rings. The summed E-state index contributed by atoms with van der Waals surface area (Å²) in [4.78, 5) is 30.5. The number of nitrogens with one attached hydrogen (secondary N) is 1. The fraction of sp³-hybridized carbons (Fsp3) is 0.316. The van der Waals surface area contributed by atoms with E-state index in [1.807, 2.05) is 48.5 Å². The lowest BCUT2D eigenvalue weighted by Crippen LogP contribution is -2.32. The minimum absolute atomic E-state index is 0.194. The minimum Gasteiger partial charge on any atom is -0.325 e. The number of aromatic nitrogens is 1. The van der Waals surface area contributed by atoms with Gasteiger partial charge in [-0.3, -0.25) is 14.7 Å². The molecule has 0 saturated carbocycles. The van der Waals surface area contributed by atoms with Gasteiger partial charge in [-0.25, -0.2) is 4.79 Å². The summed E-state index contributed by atoms with van der Waals surface area (Å²) in [7, 11) is 0. The van der Waals surface area contributed by atoms with Crippen molar-refractivity contribution < 1.29 is 9.59 Å². The molecule has 2 aromatic rings. The third-order valence-corrected chi connectivity index (χ3v) is 4.13. The SMILES string of the molecule is CC(C)c1cccc(CN2C(=O)N[C@@H](Cc3ccccc3)C2=O)n1. The second kappa shape index (κ2) is 6.83. The molecule has 0 bridgehead atoms. The summed E-state index contributed by atoms with van der Waals surface area (Å²) >= 11 is 0. The molecular weight excluding hydrogens is 302 g/mol. The van der Waals surface area contributed by atoms with Crippen molar-refractivity contribution in [1.82, 2.24) is 15.2 Å². The summed E-state index contributed by atoms with van der Waals surface area (Å²) in [5, 5.41) is 2.77. The molecule has 1 saturated heterocycles. The number of carbonyl (C=O) groups excluding carboxylic acids is 2. The quantitative estimate of drug-likeness (QED) is 0.861. The number of hydrogen-bond acceptors (Lipinski definition) is 3. The van der Waals surface area contributed by atoms with Crippen molar-refractivity contribution in [1.29, 1.82) is 0 Å². The lowest BCUT2D eigenvalue weighted by Gasteiger charge is -2.14. The Balaban J connectivity index is 1.71. The summed E-state index contributed by atoms with van der Waals surface area (Å²) < 4.78 is 0. The molecule has 2 heterocycles. The Bertz CT molecular complexity index is 743. The largest absolute Gasteiger partial charge is 0.325 e. The lowest BCUT2D eigenvalue weighted by molar-refractivity contribution is -0.127. The van der Waals surface area contributed by atoms with Crippen LogP contribution >= 0.6 is 0 Å². The van der Waals surface area contributed by atoms with Crippen molar-refractivity contribution in [2.45, 2.75) is 38.8 Å². The molecule has 0 unspecified atom stereocenters. The summed E-state index contributed by atoms with van der Waals surface area (Å²) in [6.07, 6.45) is 0.501. The van der Waals surface area contributed by atoms with Crippen molar-refractivity contribution in [3.8, 4) is 0 Å². The van der Waals surface area contributed by atoms with Gasteiger partial charge >= 0.3 is 6.03 Å². The fourth-order valence-corrected chi connectivity index (χ4v) is 2.78. The fourth-order valence-electron chi connectivity index (χ4n) is 2.78. The van der Waals surface area contributed by atoms with Gasteiger partial charge in [0, 0.05) is 12.1 Å². The smallest absolute Gasteiger partial charge is 0.325 e. The van der Waals surface area contributed by atoms with E-state index in [-0.39, 0.29) is 18.5 Å². The third kappa shape index (κ3) is 3.45. The normalized spacial score (nSPS) is 17.5. The lowest BCUT2D eigenvalue weighted by atomic mass is 10.1. The van der Waals surface area contributed by atoms with Crippen LogP contribution in [0.4, 0.5) is 4.79 Å². The first kappa shape index (κ1) is 16.2. The predicted molar refractivity (Wildman–Crippen MR) is 91.3 cm³/mol. The van der Waals surface area contributed by atoms with Crippen LogP contribution in [0, 0.1) is 0 Å². The molecular formula is C19H21N3O2. The van der Waals surface area contributed by atoms with Crippen molar-refractivity contribution in [2.75, 3.05) is 0 Å². The topological polar surface area (TPSA) is 62.3 Å². The number of rotatable bonds is 5. The molecule has 124 valence electrons. The Morgan fingerprint density at radius 1 is 1.08 bits per heavy atom. The number of hydrogen-bond donors (Lipinski definition) is 1. The van der Waals surface area contributed by atoms with E-state index in [9.17, 15) is 9.59 Å². The molecule has 1 N–H and O–H groups in total. The highest BCUT2D eigenvalue weighted by Gasteiger charge is 2.37. The molecule has 3 rings (SSSR count). The van der Waals surface area contributed by atoms with E-state index in [1.165, 1.54) is 4.90 Å². The van der Waals surface area contributed by atoms with Gasteiger partial charge in [0.05, 0.1) is 12.2 Å². The third-order valence-electron chi connectivity index (χ3n) is 4.13. The number of urea groups is 1. The summed E-state index contributed by atoms with van der Waals surface area (Å²) in [5.74, 6) is 0.111. The highest BCUT2D eigenvalue weighted by molar-refractivity contribution is 6.04.